The minimum absolute atomic E-state index is 0.0552. The molecule has 3 amide bonds. The van der Waals surface area contributed by atoms with Crippen LogP contribution < -0.4 is 16.0 Å². The highest BCUT2D eigenvalue weighted by molar-refractivity contribution is 5.92. The van der Waals surface area contributed by atoms with Gasteiger partial charge in [-0.05, 0) is 69.2 Å². The largest absolute Gasteiger partial charge is 0.356 e. The van der Waals surface area contributed by atoms with E-state index >= 15 is 0 Å². The maximum atomic E-state index is 13.2. The minimum Gasteiger partial charge on any atom is -0.356 e. The van der Waals surface area contributed by atoms with Crippen molar-refractivity contribution in [3.8, 4) is 0 Å². The molecule has 0 bridgehead atoms. The molecule has 2 unspecified atom stereocenters. The lowest BCUT2D eigenvalue weighted by Gasteiger charge is -2.23. The minimum atomic E-state index is -0.762. The fraction of sp³-hybridized carbons (Fsp3) is 0.886. The van der Waals surface area contributed by atoms with E-state index < -0.39 is 11.8 Å². The number of amides is 3. The Bertz CT molecular complexity index is 890. The molecule has 0 aliphatic rings. The van der Waals surface area contributed by atoms with Gasteiger partial charge in [0.25, 0.3) is 0 Å². The SMILES string of the molecule is CCCCNC(=O)C(CC(=O)CC(CC)C(=O)NCCN(C)CCN(C)CCN(C)C)CC(=O)NCCN(C)CCN(C)CCN(C)C. The molecule has 0 aromatic heterocycles. The van der Waals surface area contributed by atoms with Gasteiger partial charge in [0.05, 0.1) is 5.92 Å². The molecule has 0 radical (unpaired) electrons. The molecule has 13 nitrogen and oxygen atoms in total. The van der Waals surface area contributed by atoms with Crippen LogP contribution in [0, 0.1) is 11.8 Å². The van der Waals surface area contributed by atoms with Gasteiger partial charge in [-0.2, -0.15) is 0 Å². The molecule has 0 aromatic rings. The molecule has 48 heavy (non-hydrogen) atoms. The summed E-state index contributed by atoms with van der Waals surface area (Å²) in [6.07, 6.45) is 2.23. The highest BCUT2D eigenvalue weighted by Crippen LogP contribution is 2.17. The van der Waals surface area contributed by atoms with Crippen LogP contribution in [0.4, 0.5) is 0 Å². The first-order valence-electron chi connectivity index (χ1n) is 18.1. The van der Waals surface area contributed by atoms with Gasteiger partial charge in [0, 0.05) is 110 Å². The van der Waals surface area contributed by atoms with Crippen LogP contribution in [0.5, 0.6) is 0 Å². The van der Waals surface area contributed by atoms with Crippen LogP contribution in [0.1, 0.15) is 52.4 Å². The van der Waals surface area contributed by atoms with Gasteiger partial charge in [-0.25, -0.2) is 0 Å². The summed E-state index contributed by atoms with van der Waals surface area (Å²) in [5.41, 5.74) is 0. The molecule has 0 aromatic carbocycles. The monoisotopic (exact) mass is 684 g/mol. The summed E-state index contributed by atoms with van der Waals surface area (Å²) in [7, 11) is 16.6. The van der Waals surface area contributed by atoms with Gasteiger partial charge in [-0.15, -0.1) is 0 Å². The second-order valence-corrected chi connectivity index (χ2v) is 14.1. The van der Waals surface area contributed by atoms with Crippen molar-refractivity contribution in [3.63, 3.8) is 0 Å². The van der Waals surface area contributed by atoms with Crippen LogP contribution in [0.25, 0.3) is 0 Å². The quantitative estimate of drug-likeness (QED) is 0.0916. The fourth-order valence-corrected chi connectivity index (χ4v) is 4.91. The Hall–Kier alpha value is -2.16. The number of ketones is 1. The zero-order chi connectivity index (χ0) is 36.5. The number of likely N-dealkylation sites (N-methyl/N-ethyl adjacent to an activating group) is 6. The number of carbonyl (C=O) groups is 4. The molecule has 0 saturated carbocycles. The molecule has 0 aliphatic carbocycles. The smallest absolute Gasteiger partial charge is 0.224 e. The maximum absolute atomic E-state index is 13.2. The molecule has 282 valence electrons. The number of hydrogen-bond acceptors (Lipinski definition) is 10. The van der Waals surface area contributed by atoms with Gasteiger partial charge < -0.3 is 45.3 Å². The van der Waals surface area contributed by atoms with Crippen LogP contribution in [0.3, 0.4) is 0 Å². The second kappa shape index (κ2) is 27.6. The summed E-state index contributed by atoms with van der Waals surface area (Å²) >= 11 is 0. The molecule has 0 heterocycles. The Labute approximate surface area is 293 Å². The number of hydrogen-bond donors (Lipinski definition) is 3. The molecular formula is C35H73N9O4. The summed E-state index contributed by atoms with van der Waals surface area (Å²) in [4.78, 5) is 65.3. The van der Waals surface area contributed by atoms with E-state index in [2.05, 4.69) is 87.6 Å². The molecule has 0 fully saturated rings. The van der Waals surface area contributed by atoms with Crippen LogP contribution >= 0.6 is 0 Å². The lowest BCUT2D eigenvalue weighted by Crippen LogP contribution is -2.40. The van der Waals surface area contributed by atoms with E-state index in [0.29, 0.717) is 32.6 Å². The van der Waals surface area contributed by atoms with Gasteiger partial charge in [-0.3, -0.25) is 19.2 Å². The van der Waals surface area contributed by atoms with Crippen molar-refractivity contribution in [3.05, 3.63) is 0 Å². The number of Topliss-reactive ketones (excluding diaryl/α,β-unsaturated/α-hetero) is 1. The number of unbranched alkanes of at least 4 members (excludes halogenated alkanes) is 1. The Balaban J connectivity index is 4.82. The van der Waals surface area contributed by atoms with Crippen molar-refractivity contribution in [2.24, 2.45) is 11.8 Å². The van der Waals surface area contributed by atoms with E-state index in [1.807, 2.05) is 27.9 Å². The first-order valence-corrected chi connectivity index (χ1v) is 18.1. The Kier molecular flexibility index (Phi) is 26.4. The van der Waals surface area contributed by atoms with Gasteiger partial charge >= 0.3 is 0 Å². The highest BCUT2D eigenvalue weighted by atomic mass is 16.2. The van der Waals surface area contributed by atoms with Gasteiger partial charge in [0.1, 0.15) is 5.78 Å². The average molecular weight is 684 g/mol. The van der Waals surface area contributed by atoms with Gasteiger partial charge in [0.2, 0.25) is 17.7 Å². The summed E-state index contributed by atoms with van der Waals surface area (Å²) in [5, 5.41) is 8.82. The molecule has 0 spiro atoms. The lowest BCUT2D eigenvalue weighted by molar-refractivity contribution is -0.134. The fourth-order valence-electron chi connectivity index (χ4n) is 4.91. The predicted molar refractivity (Wildman–Crippen MR) is 197 cm³/mol. The van der Waals surface area contributed by atoms with Gasteiger partial charge in [0.15, 0.2) is 0 Å². The first-order chi connectivity index (χ1) is 22.7. The molecular weight excluding hydrogens is 610 g/mol. The Morgan fingerprint density at radius 2 is 0.875 bits per heavy atom. The molecule has 0 saturated heterocycles. The van der Waals surface area contributed by atoms with Crippen LogP contribution in [-0.2, 0) is 19.2 Å². The molecule has 0 rings (SSSR count). The average Bonchev–Trinajstić information content (AvgIpc) is 3.02. The standard InChI is InChI=1S/C35H73N9O4/c1-11-13-14-37-35(48)31(29-33(46)36-15-17-41(7)23-25-43(9)21-19-39(3)4)28-32(45)27-30(12-2)34(47)38-16-18-42(8)24-26-44(10)22-20-40(5)6/h30-31H,11-29H2,1-10H3,(H,36,46)(H,37,48)(H,38,47). The summed E-state index contributed by atoms with van der Waals surface area (Å²) in [6, 6.07) is 0. The summed E-state index contributed by atoms with van der Waals surface area (Å²) in [5.74, 6) is -2.06. The van der Waals surface area contributed by atoms with E-state index in [-0.39, 0.29) is 42.8 Å². The van der Waals surface area contributed by atoms with Crippen molar-refractivity contribution in [2.75, 3.05) is 141 Å². The van der Waals surface area contributed by atoms with E-state index in [1.54, 1.807) is 0 Å². The normalized spacial score (nSPS) is 13.2. The van der Waals surface area contributed by atoms with Crippen LogP contribution in [0.15, 0.2) is 0 Å². The molecule has 0 aliphatic heterocycles. The summed E-state index contributed by atoms with van der Waals surface area (Å²) in [6.45, 7) is 14.5. The van der Waals surface area contributed by atoms with E-state index in [1.165, 1.54) is 0 Å². The van der Waals surface area contributed by atoms with Crippen molar-refractivity contribution in [1.29, 1.82) is 0 Å². The molecule has 2 atom stereocenters. The highest BCUT2D eigenvalue weighted by Gasteiger charge is 2.27. The summed E-state index contributed by atoms with van der Waals surface area (Å²) < 4.78 is 0. The predicted octanol–water partition coefficient (Wildman–Crippen LogP) is 0.367. The third-order valence-electron chi connectivity index (χ3n) is 8.64. The zero-order valence-electron chi connectivity index (χ0n) is 32.4. The Morgan fingerprint density at radius 3 is 1.33 bits per heavy atom. The van der Waals surface area contributed by atoms with Crippen molar-refractivity contribution < 1.29 is 19.2 Å². The van der Waals surface area contributed by atoms with Crippen LogP contribution in [-0.4, -0.2) is 194 Å². The number of nitrogens with zero attached hydrogens (tertiary/aromatic N) is 6. The van der Waals surface area contributed by atoms with Gasteiger partial charge in [-0.1, -0.05) is 20.3 Å². The third-order valence-corrected chi connectivity index (χ3v) is 8.64. The Morgan fingerprint density at radius 1 is 0.479 bits per heavy atom. The first kappa shape index (κ1) is 45.8. The molecule has 13 heteroatoms. The van der Waals surface area contributed by atoms with Crippen molar-refractivity contribution >= 4 is 23.5 Å². The number of nitrogens with one attached hydrogen (secondary N) is 3. The van der Waals surface area contributed by atoms with Crippen molar-refractivity contribution in [2.45, 2.75) is 52.4 Å². The maximum Gasteiger partial charge on any atom is 0.224 e. The van der Waals surface area contributed by atoms with Crippen LogP contribution in [0.2, 0.25) is 0 Å². The lowest BCUT2D eigenvalue weighted by atomic mass is 9.91. The van der Waals surface area contributed by atoms with E-state index in [9.17, 15) is 19.2 Å². The van der Waals surface area contributed by atoms with E-state index in [0.717, 1.165) is 71.7 Å². The molecule has 3 N–H and O–H groups in total. The number of rotatable bonds is 30. The zero-order valence-corrected chi connectivity index (χ0v) is 32.4. The van der Waals surface area contributed by atoms with E-state index in [4.69, 9.17) is 0 Å². The third kappa shape index (κ3) is 24.9. The van der Waals surface area contributed by atoms with Crippen molar-refractivity contribution in [1.82, 2.24) is 45.3 Å². The number of carbonyl (C=O) groups excluding carboxylic acids is 4. The second-order valence-electron chi connectivity index (χ2n) is 14.1. The topological polar surface area (TPSA) is 124 Å².